The van der Waals surface area contributed by atoms with E-state index in [9.17, 15) is 9.59 Å². The molecule has 0 heterocycles. The van der Waals surface area contributed by atoms with E-state index < -0.39 is 16.9 Å². The van der Waals surface area contributed by atoms with Gasteiger partial charge in [0.05, 0.1) is 12.5 Å². The Morgan fingerprint density at radius 2 is 2.00 bits per heavy atom. The van der Waals surface area contributed by atoms with Crippen molar-refractivity contribution in [2.24, 2.45) is 17.1 Å². The third-order valence-corrected chi connectivity index (χ3v) is 4.01. The number of hydrogen-bond acceptors (Lipinski definition) is 4. The van der Waals surface area contributed by atoms with Gasteiger partial charge in [0.25, 0.3) is 0 Å². The molecule has 1 aliphatic carbocycles. The van der Waals surface area contributed by atoms with Gasteiger partial charge in [-0.15, -0.1) is 0 Å². The number of hydrogen-bond donors (Lipinski definition) is 1. The van der Waals surface area contributed by atoms with Crippen LogP contribution in [0.25, 0.3) is 0 Å². The van der Waals surface area contributed by atoms with Gasteiger partial charge in [-0.2, -0.15) is 0 Å². The third kappa shape index (κ3) is 1.69. The second-order valence-electron chi connectivity index (χ2n) is 4.92. The van der Waals surface area contributed by atoms with Gasteiger partial charge in [-0.1, -0.05) is 37.3 Å². The van der Waals surface area contributed by atoms with E-state index in [1.54, 1.807) is 0 Å². The van der Waals surface area contributed by atoms with E-state index in [1.165, 1.54) is 0 Å². The zero-order valence-electron chi connectivity index (χ0n) is 10.3. The fraction of sp³-hybridized carbons (Fsp3) is 0.429. The van der Waals surface area contributed by atoms with Gasteiger partial charge in [0.15, 0.2) is 6.29 Å². The topological polar surface area (TPSA) is 69.4 Å². The summed E-state index contributed by atoms with van der Waals surface area (Å²) in [6.07, 6.45) is 1.49. The maximum Gasteiger partial charge on any atom is 0.153 e. The van der Waals surface area contributed by atoms with E-state index in [0.717, 1.165) is 18.1 Å². The number of benzene rings is 1. The van der Waals surface area contributed by atoms with Gasteiger partial charge in [-0.3, -0.25) is 0 Å². The number of carbonyl (C=O) groups is 2. The summed E-state index contributed by atoms with van der Waals surface area (Å²) < 4.78 is 5.71. The van der Waals surface area contributed by atoms with Crippen molar-refractivity contribution >= 4 is 12.6 Å². The molecule has 1 fully saturated rings. The molecule has 0 bridgehead atoms. The molecule has 1 aromatic carbocycles. The summed E-state index contributed by atoms with van der Waals surface area (Å²) in [4.78, 5) is 22.3. The Morgan fingerprint density at radius 3 is 2.44 bits per heavy atom. The van der Waals surface area contributed by atoms with E-state index in [1.807, 2.05) is 37.3 Å². The molecule has 1 aliphatic rings. The fourth-order valence-electron chi connectivity index (χ4n) is 2.52. The number of aldehydes is 2. The lowest BCUT2D eigenvalue weighted by molar-refractivity contribution is -0.127. The Labute approximate surface area is 106 Å². The lowest BCUT2D eigenvalue weighted by Crippen LogP contribution is -2.29. The first-order valence-electron chi connectivity index (χ1n) is 5.94. The first-order valence-corrected chi connectivity index (χ1v) is 5.94. The standard InChI is InChI=1S/C14H17NO3/c1-13(9-15)12(7-16)14(13,10-17)18-8-11-5-3-2-4-6-11/h2-7,10,12H,8-9,15H2,1H3. The molecule has 0 saturated heterocycles. The summed E-state index contributed by atoms with van der Waals surface area (Å²) in [6.45, 7) is 2.37. The van der Waals surface area contributed by atoms with Crippen LogP contribution < -0.4 is 5.73 Å². The molecule has 0 amide bonds. The van der Waals surface area contributed by atoms with Gasteiger partial charge in [0, 0.05) is 12.0 Å². The molecule has 96 valence electrons. The summed E-state index contributed by atoms with van der Waals surface area (Å²) >= 11 is 0. The van der Waals surface area contributed by atoms with Crippen LogP contribution in [0.3, 0.4) is 0 Å². The second kappa shape index (κ2) is 4.63. The van der Waals surface area contributed by atoms with Crippen LogP contribution in [0.4, 0.5) is 0 Å². The van der Waals surface area contributed by atoms with Crippen molar-refractivity contribution in [2.75, 3.05) is 6.54 Å². The van der Waals surface area contributed by atoms with Gasteiger partial charge in [0.2, 0.25) is 0 Å². The van der Waals surface area contributed by atoms with E-state index in [4.69, 9.17) is 10.5 Å². The minimum absolute atomic E-state index is 0.254. The molecular formula is C14H17NO3. The molecule has 4 nitrogen and oxygen atoms in total. The predicted octanol–water partition coefficient (Wildman–Crippen LogP) is 0.935. The second-order valence-corrected chi connectivity index (χ2v) is 4.92. The Balaban J connectivity index is 2.12. The minimum Gasteiger partial charge on any atom is -0.361 e. The first-order chi connectivity index (χ1) is 8.64. The fourth-order valence-corrected chi connectivity index (χ4v) is 2.52. The summed E-state index contributed by atoms with van der Waals surface area (Å²) in [6, 6.07) is 9.54. The zero-order valence-corrected chi connectivity index (χ0v) is 10.3. The van der Waals surface area contributed by atoms with Gasteiger partial charge < -0.3 is 20.1 Å². The lowest BCUT2D eigenvalue weighted by Gasteiger charge is -2.16. The third-order valence-electron chi connectivity index (χ3n) is 4.01. The molecule has 18 heavy (non-hydrogen) atoms. The summed E-state index contributed by atoms with van der Waals surface area (Å²) in [5.74, 6) is -0.448. The SMILES string of the molecule is CC1(CN)C(C=O)C1(C=O)OCc1ccccc1. The summed E-state index contributed by atoms with van der Waals surface area (Å²) in [7, 11) is 0. The number of nitrogens with two attached hydrogens (primary N) is 1. The van der Waals surface area contributed by atoms with Crippen LogP contribution in [0.15, 0.2) is 30.3 Å². The Morgan fingerprint density at radius 1 is 1.33 bits per heavy atom. The molecule has 0 spiro atoms. The number of ether oxygens (including phenoxy) is 1. The number of carbonyl (C=O) groups excluding carboxylic acids is 2. The normalized spacial score (nSPS) is 34.0. The average molecular weight is 247 g/mol. The molecule has 2 N–H and O–H groups in total. The zero-order chi connectivity index (χ0) is 13.2. The molecule has 0 aromatic heterocycles. The molecule has 1 aromatic rings. The Kier molecular flexibility index (Phi) is 3.32. The molecular weight excluding hydrogens is 230 g/mol. The molecule has 3 unspecified atom stereocenters. The smallest absolute Gasteiger partial charge is 0.153 e. The highest BCUT2D eigenvalue weighted by Crippen LogP contribution is 2.61. The number of rotatable bonds is 6. The minimum atomic E-state index is -1.06. The van der Waals surface area contributed by atoms with Crippen LogP contribution in [-0.2, 0) is 20.9 Å². The van der Waals surface area contributed by atoms with Crippen molar-refractivity contribution in [3.05, 3.63) is 35.9 Å². The van der Waals surface area contributed by atoms with Crippen molar-refractivity contribution < 1.29 is 14.3 Å². The Bertz CT molecular complexity index is 448. The van der Waals surface area contributed by atoms with Crippen molar-refractivity contribution in [2.45, 2.75) is 19.1 Å². The average Bonchev–Trinajstić information content (AvgIpc) is 2.97. The first kappa shape index (κ1) is 12.9. The van der Waals surface area contributed by atoms with Crippen LogP contribution in [0.1, 0.15) is 12.5 Å². The molecule has 0 radical (unpaired) electrons. The van der Waals surface area contributed by atoms with Crippen LogP contribution >= 0.6 is 0 Å². The van der Waals surface area contributed by atoms with Crippen LogP contribution in [0.2, 0.25) is 0 Å². The molecule has 4 heteroatoms. The van der Waals surface area contributed by atoms with Crippen LogP contribution in [0.5, 0.6) is 0 Å². The van der Waals surface area contributed by atoms with Crippen molar-refractivity contribution in [1.29, 1.82) is 0 Å². The van der Waals surface area contributed by atoms with Crippen LogP contribution in [0, 0.1) is 11.3 Å². The predicted molar refractivity (Wildman–Crippen MR) is 66.7 cm³/mol. The van der Waals surface area contributed by atoms with Crippen LogP contribution in [-0.4, -0.2) is 24.7 Å². The highest BCUT2D eigenvalue weighted by molar-refractivity contribution is 5.83. The summed E-state index contributed by atoms with van der Waals surface area (Å²) in [5.41, 5.74) is 4.99. The van der Waals surface area contributed by atoms with E-state index in [-0.39, 0.29) is 6.54 Å². The van der Waals surface area contributed by atoms with Gasteiger partial charge in [0.1, 0.15) is 11.9 Å². The molecule has 3 atom stereocenters. The van der Waals surface area contributed by atoms with Crippen molar-refractivity contribution in [1.82, 2.24) is 0 Å². The van der Waals surface area contributed by atoms with Gasteiger partial charge in [-0.25, -0.2) is 0 Å². The monoisotopic (exact) mass is 247 g/mol. The quantitative estimate of drug-likeness (QED) is 0.759. The van der Waals surface area contributed by atoms with E-state index in [0.29, 0.717) is 6.61 Å². The summed E-state index contributed by atoms with van der Waals surface area (Å²) in [5, 5.41) is 0. The van der Waals surface area contributed by atoms with Crippen molar-refractivity contribution in [3.8, 4) is 0 Å². The maximum absolute atomic E-state index is 11.3. The largest absolute Gasteiger partial charge is 0.361 e. The van der Waals surface area contributed by atoms with Crippen molar-refractivity contribution in [3.63, 3.8) is 0 Å². The highest BCUT2D eigenvalue weighted by atomic mass is 16.5. The highest BCUT2D eigenvalue weighted by Gasteiger charge is 2.75. The lowest BCUT2D eigenvalue weighted by atomic mass is 10.0. The maximum atomic E-state index is 11.3. The molecule has 2 rings (SSSR count). The van der Waals surface area contributed by atoms with Gasteiger partial charge >= 0.3 is 0 Å². The molecule has 0 aliphatic heterocycles. The van der Waals surface area contributed by atoms with E-state index >= 15 is 0 Å². The van der Waals surface area contributed by atoms with E-state index in [2.05, 4.69) is 0 Å². The Hall–Kier alpha value is -1.52. The van der Waals surface area contributed by atoms with Gasteiger partial charge in [-0.05, 0) is 5.56 Å². The molecule has 1 saturated carbocycles.